The number of aromatic nitrogens is 2. The number of amides is 1. The van der Waals surface area contributed by atoms with E-state index in [-0.39, 0.29) is 23.4 Å². The van der Waals surface area contributed by atoms with Crippen LogP contribution in [0.2, 0.25) is 5.02 Å². The molecule has 1 N–H and O–H groups in total. The molecular formula is C28H30ClN3O6. The van der Waals surface area contributed by atoms with Gasteiger partial charge in [-0.1, -0.05) is 29.2 Å². The fourth-order valence-corrected chi connectivity index (χ4v) is 5.90. The molecule has 2 aromatic heterocycles. The maximum atomic E-state index is 13.7. The van der Waals surface area contributed by atoms with Gasteiger partial charge >= 0.3 is 0 Å². The predicted molar refractivity (Wildman–Crippen MR) is 146 cm³/mol. The number of hydrogen-bond donors (Lipinski definition) is 1. The zero-order valence-corrected chi connectivity index (χ0v) is 22.6. The van der Waals surface area contributed by atoms with E-state index in [9.17, 15) is 9.59 Å². The SMILES string of the molecule is COc1cc(NC(=O)CC2CCCC(n3c(=O)c4c(C)onc4c4c(Cl)cccc43)C2)cc(OC)c1OC. The summed E-state index contributed by atoms with van der Waals surface area (Å²) in [5.41, 5.74) is 1.64. The molecule has 200 valence electrons. The first-order valence-corrected chi connectivity index (χ1v) is 12.9. The third-order valence-electron chi connectivity index (χ3n) is 7.33. The van der Waals surface area contributed by atoms with Crippen molar-refractivity contribution in [3.63, 3.8) is 0 Å². The number of halogens is 1. The summed E-state index contributed by atoms with van der Waals surface area (Å²) in [6.45, 7) is 1.74. The fraction of sp³-hybridized carbons (Fsp3) is 0.393. The number of methoxy groups -OCH3 is 3. The molecule has 9 nitrogen and oxygen atoms in total. The first kappa shape index (κ1) is 25.9. The second-order valence-corrected chi connectivity index (χ2v) is 10.0. The van der Waals surface area contributed by atoms with Gasteiger partial charge in [0.05, 0.1) is 31.9 Å². The van der Waals surface area contributed by atoms with Crippen LogP contribution in [0.15, 0.2) is 39.6 Å². The number of ether oxygens (including phenoxy) is 3. The van der Waals surface area contributed by atoms with Crippen molar-refractivity contribution in [2.24, 2.45) is 5.92 Å². The molecule has 4 aromatic rings. The van der Waals surface area contributed by atoms with Gasteiger partial charge in [0.1, 0.15) is 16.7 Å². The highest BCUT2D eigenvalue weighted by atomic mass is 35.5. The normalized spacial score (nSPS) is 17.5. The highest BCUT2D eigenvalue weighted by Crippen LogP contribution is 2.41. The van der Waals surface area contributed by atoms with Crippen molar-refractivity contribution in [1.82, 2.24) is 9.72 Å². The van der Waals surface area contributed by atoms with E-state index < -0.39 is 0 Å². The van der Waals surface area contributed by atoms with E-state index in [0.29, 0.717) is 62.8 Å². The molecule has 0 aliphatic heterocycles. The van der Waals surface area contributed by atoms with Crippen molar-refractivity contribution in [2.75, 3.05) is 26.6 Å². The molecule has 38 heavy (non-hydrogen) atoms. The second-order valence-electron chi connectivity index (χ2n) is 9.62. The van der Waals surface area contributed by atoms with Crippen LogP contribution in [0.1, 0.15) is 43.9 Å². The summed E-state index contributed by atoms with van der Waals surface area (Å²) < 4.78 is 23.4. The molecule has 0 spiro atoms. The summed E-state index contributed by atoms with van der Waals surface area (Å²) in [5, 5.41) is 8.78. The lowest BCUT2D eigenvalue weighted by atomic mass is 9.83. The van der Waals surface area contributed by atoms with E-state index in [1.54, 1.807) is 25.1 Å². The number of nitrogens with zero attached hydrogens (tertiary/aromatic N) is 2. The van der Waals surface area contributed by atoms with Gasteiger partial charge in [-0.3, -0.25) is 9.59 Å². The van der Waals surface area contributed by atoms with Crippen LogP contribution in [0.25, 0.3) is 21.8 Å². The number of anilines is 1. The average molecular weight is 540 g/mol. The topological polar surface area (TPSA) is 105 Å². The number of benzene rings is 2. The number of carbonyl (C=O) groups is 1. The fourth-order valence-electron chi connectivity index (χ4n) is 5.64. The van der Waals surface area contributed by atoms with Gasteiger partial charge in [0.2, 0.25) is 11.7 Å². The maximum Gasteiger partial charge on any atom is 0.264 e. The largest absolute Gasteiger partial charge is 0.493 e. The molecule has 10 heteroatoms. The Labute approximate surface area is 224 Å². The lowest BCUT2D eigenvalue weighted by molar-refractivity contribution is -0.117. The molecule has 0 saturated heterocycles. The van der Waals surface area contributed by atoms with Crippen molar-refractivity contribution in [3.8, 4) is 17.2 Å². The Hall–Kier alpha value is -3.72. The Morgan fingerprint density at radius 3 is 2.55 bits per heavy atom. The number of nitrogens with one attached hydrogen (secondary N) is 1. The van der Waals surface area contributed by atoms with E-state index in [2.05, 4.69) is 10.5 Å². The van der Waals surface area contributed by atoms with Crippen LogP contribution in [0, 0.1) is 12.8 Å². The third-order valence-corrected chi connectivity index (χ3v) is 7.64. The van der Waals surface area contributed by atoms with Gasteiger partial charge in [-0.2, -0.15) is 0 Å². The van der Waals surface area contributed by atoms with Crippen molar-refractivity contribution in [2.45, 2.75) is 45.1 Å². The lowest BCUT2D eigenvalue weighted by Gasteiger charge is -2.31. The van der Waals surface area contributed by atoms with Crippen molar-refractivity contribution in [1.29, 1.82) is 0 Å². The molecule has 2 aromatic carbocycles. The molecule has 5 rings (SSSR count). The Balaban J connectivity index is 1.40. The predicted octanol–water partition coefficient (Wildman–Crippen LogP) is 5.89. The highest BCUT2D eigenvalue weighted by Gasteiger charge is 2.29. The molecule has 1 aliphatic rings. The summed E-state index contributed by atoms with van der Waals surface area (Å²) in [4.78, 5) is 26.7. The number of carbonyl (C=O) groups excluding carboxylic acids is 1. The number of pyridine rings is 1. The van der Waals surface area contributed by atoms with Crippen molar-refractivity contribution in [3.05, 3.63) is 51.5 Å². The molecule has 1 aliphatic carbocycles. The van der Waals surface area contributed by atoms with E-state index in [1.165, 1.54) is 21.3 Å². The summed E-state index contributed by atoms with van der Waals surface area (Å²) in [6, 6.07) is 8.86. The Bertz CT molecular complexity index is 1550. The molecule has 2 unspecified atom stereocenters. The van der Waals surface area contributed by atoms with Crippen LogP contribution in [0.3, 0.4) is 0 Å². The van der Waals surface area contributed by atoms with Gasteiger partial charge in [-0.15, -0.1) is 0 Å². The van der Waals surface area contributed by atoms with E-state index >= 15 is 0 Å². The van der Waals surface area contributed by atoms with Crippen molar-refractivity contribution >= 4 is 45.0 Å². The first-order valence-electron chi connectivity index (χ1n) is 12.5. The molecule has 1 fully saturated rings. The Morgan fingerprint density at radius 1 is 1.13 bits per heavy atom. The summed E-state index contributed by atoms with van der Waals surface area (Å²) >= 11 is 6.57. The molecule has 2 heterocycles. The summed E-state index contributed by atoms with van der Waals surface area (Å²) in [7, 11) is 4.59. The first-order chi connectivity index (χ1) is 18.4. The number of fused-ring (bicyclic) bond motifs is 3. The van der Waals surface area contributed by atoms with Gasteiger partial charge in [0, 0.05) is 35.7 Å². The van der Waals surface area contributed by atoms with Gasteiger partial charge in [-0.05, 0) is 44.2 Å². The van der Waals surface area contributed by atoms with Gasteiger partial charge < -0.3 is 28.6 Å². The monoisotopic (exact) mass is 539 g/mol. The molecule has 2 atom stereocenters. The second kappa shape index (κ2) is 10.6. The van der Waals surface area contributed by atoms with Crippen LogP contribution in [0.4, 0.5) is 5.69 Å². The molecule has 1 amide bonds. The highest BCUT2D eigenvalue weighted by molar-refractivity contribution is 6.37. The summed E-state index contributed by atoms with van der Waals surface area (Å²) in [5.74, 6) is 1.85. The van der Waals surface area contributed by atoms with Gasteiger partial charge in [0.25, 0.3) is 5.56 Å². The Morgan fingerprint density at radius 2 is 1.87 bits per heavy atom. The van der Waals surface area contributed by atoms with Crippen LogP contribution in [-0.4, -0.2) is 37.0 Å². The van der Waals surface area contributed by atoms with E-state index in [0.717, 1.165) is 24.8 Å². The van der Waals surface area contributed by atoms with E-state index in [4.69, 9.17) is 30.3 Å². The average Bonchev–Trinajstić information content (AvgIpc) is 3.29. The van der Waals surface area contributed by atoms with E-state index in [1.807, 2.05) is 16.7 Å². The van der Waals surface area contributed by atoms with Gasteiger partial charge in [0.15, 0.2) is 11.5 Å². The minimum absolute atomic E-state index is 0.0742. The quantitative estimate of drug-likeness (QED) is 0.312. The molecule has 0 radical (unpaired) electrons. The molecular weight excluding hydrogens is 510 g/mol. The van der Waals surface area contributed by atoms with Crippen LogP contribution in [0.5, 0.6) is 17.2 Å². The smallest absolute Gasteiger partial charge is 0.264 e. The summed E-state index contributed by atoms with van der Waals surface area (Å²) in [6.07, 6.45) is 3.67. The minimum atomic E-state index is -0.138. The number of hydrogen-bond acceptors (Lipinski definition) is 7. The van der Waals surface area contributed by atoms with Crippen LogP contribution < -0.4 is 25.1 Å². The maximum absolute atomic E-state index is 13.7. The number of rotatable bonds is 7. The zero-order chi connectivity index (χ0) is 27.0. The van der Waals surface area contributed by atoms with Crippen molar-refractivity contribution < 1.29 is 23.5 Å². The Kier molecular flexibility index (Phi) is 7.21. The van der Waals surface area contributed by atoms with Gasteiger partial charge in [-0.25, -0.2) is 0 Å². The molecule has 1 saturated carbocycles. The minimum Gasteiger partial charge on any atom is -0.493 e. The van der Waals surface area contributed by atoms with Crippen LogP contribution in [-0.2, 0) is 4.79 Å². The standard InChI is InChI=1S/C28H30ClN3O6/c1-15-24-26(31-38-15)25-19(29)9-6-10-20(25)32(28(24)34)18-8-5-7-16(11-18)12-23(33)30-17-13-21(35-2)27(37-4)22(14-17)36-3/h6,9-10,13-14,16,18H,5,7-8,11-12H2,1-4H3,(H,30,33). The third kappa shape index (κ3) is 4.55. The lowest BCUT2D eigenvalue weighted by Crippen LogP contribution is -2.30. The zero-order valence-electron chi connectivity index (χ0n) is 21.8. The number of aryl methyl sites for hydroxylation is 1. The van der Waals surface area contributed by atoms with Crippen LogP contribution >= 0.6 is 11.6 Å². The molecule has 0 bridgehead atoms.